The zero-order chi connectivity index (χ0) is 11.7. The fourth-order valence-corrected chi connectivity index (χ4v) is 3.08. The van der Waals surface area contributed by atoms with E-state index >= 15 is 0 Å². The van der Waals surface area contributed by atoms with Crippen molar-refractivity contribution >= 4 is 0 Å². The average Bonchev–Trinajstić information content (AvgIpc) is 2.39. The van der Waals surface area contributed by atoms with E-state index in [0.717, 1.165) is 18.0 Å². The Hall–Kier alpha value is -0.350. The van der Waals surface area contributed by atoms with Crippen molar-refractivity contribution in [1.29, 1.82) is 0 Å². The molecule has 2 bridgehead atoms. The molecule has 4 rings (SSSR count). The van der Waals surface area contributed by atoms with Crippen molar-refractivity contribution in [1.82, 2.24) is 10.2 Å². The first-order chi connectivity index (χ1) is 8.33. The fourth-order valence-electron chi connectivity index (χ4n) is 3.08. The Bertz CT molecular complexity index is 395. The predicted octanol–water partition coefficient (Wildman–Crippen LogP) is -3.98. The standard InChI is InChI=1S/C14H19FN2.2ClH/c15-13-4-2-1-3-12(13)9-16-14-10-17-7-5-11(14)6-8-17;;/h1-4,11,14,16H,5-10H2;2*1H/p-2. The zero-order valence-corrected chi connectivity index (χ0v) is 12.3. The first-order valence-electron chi connectivity index (χ1n) is 6.52. The maximum Gasteiger partial charge on any atom is 0.127 e. The lowest BCUT2D eigenvalue weighted by Crippen LogP contribution is -3.00. The summed E-state index contributed by atoms with van der Waals surface area (Å²) in [7, 11) is 0. The molecule has 0 aromatic heterocycles. The summed E-state index contributed by atoms with van der Waals surface area (Å²) in [5.41, 5.74) is 0.781. The molecule has 3 aliphatic heterocycles. The number of hydrogen-bond donors (Lipinski definition) is 1. The maximum absolute atomic E-state index is 13.5. The van der Waals surface area contributed by atoms with Crippen LogP contribution in [0.1, 0.15) is 18.4 Å². The molecule has 0 radical (unpaired) electrons. The van der Waals surface area contributed by atoms with Crippen LogP contribution in [0.15, 0.2) is 24.3 Å². The number of rotatable bonds is 3. The molecule has 3 saturated heterocycles. The third kappa shape index (κ3) is 3.82. The molecular formula is C14H19Cl2FN2-2. The summed E-state index contributed by atoms with van der Waals surface area (Å²) in [4.78, 5) is 2.51. The molecule has 0 aliphatic carbocycles. The number of benzene rings is 1. The van der Waals surface area contributed by atoms with Gasteiger partial charge in [0.25, 0.3) is 0 Å². The third-order valence-electron chi connectivity index (χ3n) is 4.17. The molecule has 2 nitrogen and oxygen atoms in total. The minimum absolute atomic E-state index is 0. The topological polar surface area (TPSA) is 15.3 Å². The van der Waals surface area contributed by atoms with E-state index in [9.17, 15) is 4.39 Å². The van der Waals surface area contributed by atoms with Gasteiger partial charge in [0.1, 0.15) is 5.82 Å². The van der Waals surface area contributed by atoms with Gasteiger partial charge in [0.15, 0.2) is 0 Å². The van der Waals surface area contributed by atoms with Crippen LogP contribution in [0, 0.1) is 11.7 Å². The van der Waals surface area contributed by atoms with E-state index in [4.69, 9.17) is 0 Å². The number of nitrogens with zero attached hydrogens (tertiary/aromatic N) is 1. The monoisotopic (exact) mass is 304 g/mol. The van der Waals surface area contributed by atoms with Gasteiger partial charge in [0, 0.05) is 24.7 Å². The van der Waals surface area contributed by atoms with Gasteiger partial charge in [-0.3, -0.25) is 0 Å². The summed E-state index contributed by atoms with van der Waals surface area (Å²) in [5.74, 6) is 0.702. The van der Waals surface area contributed by atoms with Gasteiger partial charge in [-0.1, -0.05) is 18.2 Å². The second kappa shape index (κ2) is 7.44. The Morgan fingerprint density at radius 2 is 1.84 bits per heavy atom. The van der Waals surface area contributed by atoms with Crippen LogP contribution in [0.4, 0.5) is 4.39 Å². The molecule has 108 valence electrons. The molecule has 3 fully saturated rings. The Morgan fingerprint density at radius 1 is 1.16 bits per heavy atom. The molecule has 5 heteroatoms. The smallest absolute Gasteiger partial charge is 0.127 e. The van der Waals surface area contributed by atoms with Crippen LogP contribution in [0.25, 0.3) is 0 Å². The van der Waals surface area contributed by atoms with Crippen LogP contribution in [0.5, 0.6) is 0 Å². The Morgan fingerprint density at radius 3 is 2.42 bits per heavy atom. The van der Waals surface area contributed by atoms with Crippen molar-refractivity contribution < 1.29 is 29.2 Å². The van der Waals surface area contributed by atoms with Crippen LogP contribution < -0.4 is 30.1 Å². The number of nitrogens with one attached hydrogen (secondary N) is 1. The first-order valence-corrected chi connectivity index (χ1v) is 6.52. The largest absolute Gasteiger partial charge is 1.00 e. The van der Waals surface area contributed by atoms with Gasteiger partial charge >= 0.3 is 0 Å². The first kappa shape index (κ1) is 16.7. The highest BCUT2D eigenvalue weighted by Gasteiger charge is 2.33. The second-order valence-electron chi connectivity index (χ2n) is 5.22. The van der Waals surface area contributed by atoms with Gasteiger partial charge in [-0.2, -0.15) is 0 Å². The van der Waals surface area contributed by atoms with E-state index in [1.807, 2.05) is 12.1 Å². The molecule has 3 aliphatic rings. The van der Waals surface area contributed by atoms with Crippen LogP contribution in [0.2, 0.25) is 0 Å². The van der Waals surface area contributed by atoms with Gasteiger partial charge in [-0.15, -0.1) is 0 Å². The van der Waals surface area contributed by atoms with E-state index in [0.29, 0.717) is 12.6 Å². The van der Waals surface area contributed by atoms with Crippen molar-refractivity contribution in [2.45, 2.75) is 25.4 Å². The van der Waals surface area contributed by atoms with Crippen LogP contribution in [-0.2, 0) is 6.54 Å². The quantitative estimate of drug-likeness (QED) is 0.613. The maximum atomic E-state index is 13.5. The molecule has 19 heavy (non-hydrogen) atoms. The SMILES string of the molecule is Fc1ccccc1CNC1CN2CCC1CC2.[Cl-].[Cl-]. The lowest BCUT2D eigenvalue weighted by Gasteiger charge is -2.45. The molecule has 0 amide bonds. The van der Waals surface area contributed by atoms with Crippen LogP contribution in [0.3, 0.4) is 0 Å². The molecule has 0 spiro atoms. The summed E-state index contributed by atoms with van der Waals surface area (Å²) >= 11 is 0. The van der Waals surface area contributed by atoms with Gasteiger partial charge in [-0.05, 0) is 37.9 Å². The lowest BCUT2D eigenvalue weighted by molar-refractivity contribution is -0.001000. The number of hydrogen-bond acceptors (Lipinski definition) is 2. The van der Waals surface area contributed by atoms with Gasteiger partial charge in [0.2, 0.25) is 0 Å². The summed E-state index contributed by atoms with van der Waals surface area (Å²) in [5, 5.41) is 3.53. The summed E-state index contributed by atoms with van der Waals surface area (Å²) < 4.78 is 13.5. The Labute approximate surface area is 126 Å². The molecule has 1 N–H and O–H groups in total. The van der Waals surface area contributed by atoms with Gasteiger partial charge in [0.05, 0.1) is 0 Å². The second-order valence-corrected chi connectivity index (χ2v) is 5.22. The van der Waals surface area contributed by atoms with Crippen LogP contribution in [-0.4, -0.2) is 30.6 Å². The molecule has 1 atom stereocenters. The van der Waals surface area contributed by atoms with E-state index in [1.165, 1.54) is 32.0 Å². The molecule has 1 aromatic carbocycles. The Balaban J connectivity index is 0.000000902. The highest BCUT2D eigenvalue weighted by Crippen LogP contribution is 2.27. The molecule has 1 unspecified atom stereocenters. The highest BCUT2D eigenvalue weighted by atomic mass is 35.5. The number of piperidine rings is 3. The molecule has 0 saturated carbocycles. The van der Waals surface area contributed by atoms with Crippen molar-refractivity contribution in [3.8, 4) is 0 Å². The summed E-state index contributed by atoms with van der Waals surface area (Å²) in [6, 6.07) is 7.60. The van der Waals surface area contributed by atoms with E-state index in [-0.39, 0.29) is 30.6 Å². The van der Waals surface area contributed by atoms with E-state index < -0.39 is 0 Å². The molecule has 3 heterocycles. The molecule has 1 aromatic rings. The Kier molecular flexibility index (Phi) is 6.54. The number of halogens is 3. The lowest BCUT2D eigenvalue weighted by atomic mass is 9.84. The minimum atomic E-state index is -0.0960. The zero-order valence-electron chi connectivity index (χ0n) is 10.8. The van der Waals surface area contributed by atoms with Crippen molar-refractivity contribution in [2.24, 2.45) is 5.92 Å². The van der Waals surface area contributed by atoms with Crippen molar-refractivity contribution in [3.63, 3.8) is 0 Å². The average molecular weight is 305 g/mol. The van der Waals surface area contributed by atoms with Gasteiger partial charge < -0.3 is 35.0 Å². The highest BCUT2D eigenvalue weighted by molar-refractivity contribution is 5.17. The van der Waals surface area contributed by atoms with E-state index in [2.05, 4.69) is 10.2 Å². The summed E-state index contributed by atoms with van der Waals surface area (Å²) in [6.45, 7) is 4.30. The third-order valence-corrected chi connectivity index (χ3v) is 4.17. The van der Waals surface area contributed by atoms with Gasteiger partial charge in [-0.25, -0.2) is 4.39 Å². The van der Waals surface area contributed by atoms with Crippen molar-refractivity contribution in [2.75, 3.05) is 19.6 Å². The fraction of sp³-hybridized carbons (Fsp3) is 0.571. The predicted molar refractivity (Wildman–Crippen MR) is 66.2 cm³/mol. The van der Waals surface area contributed by atoms with Crippen molar-refractivity contribution in [3.05, 3.63) is 35.6 Å². The normalized spacial score (nSPS) is 28.4. The summed E-state index contributed by atoms with van der Waals surface area (Å²) in [6.07, 6.45) is 2.60. The number of fused-ring (bicyclic) bond motifs is 3. The molecular weight excluding hydrogens is 286 g/mol. The van der Waals surface area contributed by atoms with E-state index in [1.54, 1.807) is 6.07 Å². The minimum Gasteiger partial charge on any atom is -1.00 e. The van der Waals surface area contributed by atoms with Crippen LogP contribution >= 0.6 is 0 Å².